The Labute approximate surface area is 130 Å². The monoisotopic (exact) mass is 320 g/mol. The lowest BCUT2D eigenvalue weighted by Gasteiger charge is -2.13. The van der Waals surface area contributed by atoms with Crippen LogP contribution in [0.15, 0.2) is 41.4 Å². The highest BCUT2D eigenvalue weighted by atomic mass is 32.2. The van der Waals surface area contributed by atoms with Crippen LogP contribution >= 0.6 is 11.8 Å². The largest absolute Gasteiger partial charge is 0.453 e. The quantitative estimate of drug-likeness (QED) is 0.700. The number of aromatic amines is 1. The predicted octanol–water partition coefficient (Wildman–Crippen LogP) is 4.42. The molecule has 0 fully saturated rings. The molecule has 6 heteroatoms. The molecular formula is C16H14F2N2OS. The van der Waals surface area contributed by atoms with Gasteiger partial charge in [0.05, 0.1) is 4.90 Å². The van der Waals surface area contributed by atoms with Gasteiger partial charge >= 0.3 is 0 Å². The maximum absolute atomic E-state index is 14.3. The third-order valence-corrected chi connectivity index (χ3v) is 4.19. The molecule has 0 aliphatic heterocycles. The minimum Gasteiger partial charge on any atom is -0.453 e. The molecule has 0 bridgehead atoms. The van der Waals surface area contributed by atoms with Crippen LogP contribution in [-0.2, 0) is 6.54 Å². The number of rotatable bonds is 4. The van der Waals surface area contributed by atoms with Gasteiger partial charge in [0, 0.05) is 35.3 Å². The zero-order valence-electron chi connectivity index (χ0n) is 11.8. The number of aromatic nitrogens is 1. The van der Waals surface area contributed by atoms with E-state index in [2.05, 4.69) is 4.98 Å². The molecule has 0 atom stereocenters. The number of benzene rings is 2. The summed E-state index contributed by atoms with van der Waals surface area (Å²) in [5.41, 5.74) is 6.51. The van der Waals surface area contributed by atoms with Crippen LogP contribution in [0.4, 0.5) is 8.78 Å². The molecule has 3 nitrogen and oxygen atoms in total. The number of hydrogen-bond acceptors (Lipinski definition) is 3. The number of ether oxygens (including phenoxy) is 1. The lowest BCUT2D eigenvalue weighted by Crippen LogP contribution is -2.00. The van der Waals surface area contributed by atoms with Crippen molar-refractivity contribution in [1.82, 2.24) is 4.98 Å². The summed E-state index contributed by atoms with van der Waals surface area (Å²) in [4.78, 5) is 3.67. The molecule has 22 heavy (non-hydrogen) atoms. The fourth-order valence-electron chi connectivity index (χ4n) is 2.31. The summed E-state index contributed by atoms with van der Waals surface area (Å²) in [6.45, 7) is 0.0533. The van der Waals surface area contributed by atoms with Gasteiger partial charge < -0.3 is 15.5 Å². The summed E-state index contributed by atoms with van der Waals surface area (Å²) in [7, 11) is 0. The molecular weight excluding hydrogens is 306 g/mol. The van der Waals surface area contributed by atoms with Crippen molar-refractivity contribution in [2.75, 3.05) is 6.26 Å². The Morgan fingerprint density at radius 1 is 1.18 bits per heavy atom. The molecule has 0 radical (unpaired) electrons. The van der Waals surface area contributed by atoms with Gasteiger partial charge in [0.25, 0.3) is 0 Å². The summed E-state index contributed by atoms with van der Waals surface area (Å²) in [6.07, 6.45) is 3.60. The molecule has 0 saturated heterocycles. The first-order valence-corrected chi connectivity index (χ1v) is 7.86. The summed E-state index contributed by atoms with van der Waals surface area (Å²) >= 11 is 1.39. The Morgan fingerprint density at radius 3 is 2.73 bits per heavy atom. The molecule has 0 spiro atoms. The number of nitrogens with two attached hydrogens (primary N) is 1. The third kappa shape index (κ3) is 2.55. The molecule has 1 aromatic heterocycles. The fourth-order valence-corrected chi connectivity index (χ4v) is 3.03. The summed E-state index contributed by atoms with van der Waals surface area (Å²) in [5.74, 6) is -0.389. The Balaban J connectivity index is 2.08. The molecule has 114 valence electrons. The van der Waals surface area contributed by atoms with Gasteiger partial charge in [0.1, 0.15) is 11.6 Å². The van der Waals surface area contributed by atoms with Crippen molar-refractivity contribution < 1.29 is 13.5 Å². The van der Waals surface area contributed by atoms with E-state index < -0.39 is 11.6 Å². The number of thioether (sulfide) groups is 1. The van der Waals surface area contributed by atoms with Gasteiger partial charge in [-0.05, 0) is 30.5 Å². The van der Waals surface area contributed by atoms with Crippen molar-refractivity contribution in [3.8, 4) is 11.5 Å². The van der Waals surface area contributed by atoms with E-state index in [1.54, 1.807) is 6.20 Å². The van der Waals surface area contributed by atoms with E-state index in [0.29, 0.717) is 21.7 Å². The van der Waals surface area contributed by atoms with Gasteiger partial charge in [0.2, 0.25) is 0 Å². The van der Waals surface area contributed by atoms with Crippen molar-refractivity contribution >= 4 is 22.7 Å². The predicted molar refractivity (Wildman–Crippen MR) is 84.4 cm³/mol. The Morgan fingerprint density at radius 2 is 2.00 bits per heavy atom. The topological polar surface area (TPSA) is 51.0 Å². The van der Waals surface area contributed by atoms with E-state index >= 15 is 0 Å². The zero-order valence-corrected chi connectivity index (χ0v) is 12.6. The third-order valence-electron chi connectivity index (χ3n) is 3.38. The Bertz CT molecular complexity index is 832. The van der Waals surface area contributed by atoms with Gasteiger partial charge in [-0.2, -0.15) is 0 Å². The first-order valence-electron chi connectivity index (χ1n) is 6.64. The van der Waals surface area contributed by atoms with E-state index in [4.69, 9.17) is 10.5 Å². The van der Waals surface area contributed by atoms with E-state index in [0.717, 1.165) is 5.39 Å². The second-order valence-electron chi connectivity index (χ2n) is 4.72. The van der Waals surface area contributed by atoms with Gasteiger partial charge in [-0.3, -0.25) is 0 Å². The van der Waals surface area contributed by atoms with Crippen molar-refractivity contribution in [3.63, 3.8) is 0 Å². The molecule has 0 aliphatic carbocycles. The van der Waals surface area contributed by atoms with Crippen molar-refractivity contribution in [1.29, 1.82) is 0 Å². The molecule has 0 amide bonds. The average Bonchev–Trinajstić information content (AvgIpc) is 2.97. The first-order chi connectivity index (χ1) is 10.6. The number of fused-ring (bicyclic) bond motifs is 1. The number of hydrogen-bond donors (Lipinski definition) is 2. The molecule has 0 unspecified atom stereocenters. The molecule has 1 heterocycles. The average molecular weight is 320 g/mol. The summed E-state index contributed by atoms with van der Waals surface area (Å²) in [5, 5.41) is 0.880. The van der Waals surface area contributed by atoms with E-state index in [-0.39, 0.29) is 12.3 Å². The lowest BCUT2D eigenvalue weighted by molar-refractivity contribution is 0.431. The summed E-state index contributed by atoms with van der Waals surface area (Å²) in [6, 6.07) is 7.46. The van der Waals surface area contributed by atoms with Gasteiger partial charge in [-0.1, -0.05) is 0 Å². The Hall–Kier alpha value is -2.05. The van der Waals surface area contributed by atoms with Crippen molar-refractivity contribution in [2.24, 2.45) is 5.73 Å². The number of halogens is 2. The van der Waals surface area contributed by atoms with Crippen LogP contribution in [0.5, 0.6) is 11.5 Å². The van der Waals surface area contributed by atoms with Crippen molar-refractivity contribution in [3.05, 3.63) is 53.7 Å². The van der Waals surface area contributed by atoms with Gasteiger partial charge in [-0.25, -0.2) is 8.78 Å². The minimum atomic E-state index is -0.474. The van der Waals surface area contributed by atoms with Crippen LogP contribution in [0.1, 0.15) is 5.56 Å². The van der Waals surface area contributed by atoms with Crippen LogP contribution < -0.4 is 10.5 Å². The van der Waals surface area contributed by atoms with Crippen LogP contribution in [0.2, 0.25) is 0 Å². The van der Waals surface area contributed by atoms with E-state index in [1.165, 1.54) is 36.0 Å². The first kappa shape index (κ1) is 14.9. The molecule has 3 aromatic rings. The standard InChI is InChI=1S/C16H14F2N2OS/c1-22-16-11-4-5-20-14(11)7-13(18)15(16)21-10-2-3-12(17)9(6-10)8-19/h2-7,20H,8,19H2,1H3. The zero-order chi connectivity index (χ0) is 15.7. The fraction of sp³-hybridized carbons (Fsp3) is 0.125. The van der Waals surface area contributed by atoms with Crippen LogP contribution in [0.3, 0.4) is 0 Å². The molecule has 3 N–H and O–H groups in total. The molecule has 3 rings (SSSR count). The molecule has 2 aromatic carbocycles. The molecule has 0 aliphatic rings. The number of nitrogens with one attached hydrogen (secondary N) is 1. The van der Waals surface area contributed by atoms with Crippen LogP contribution in [0, 0.1) is 11.6 Å². The normalized spacial score (nSPS) is 11.1. The van der Waals surface area contributed by atoms with Crippen LogP contribution in [0.25, 0.3) is 10.9 Å². The highest BCUT2D eigenvalue weighted by Crippen LogP contribution is 2.39. The van der Waals surface area contributed by atoms with Crippen molar-refractivity contribution in [2.45, 2.75) is 11.4 Å². The minimum absolute atomic E-state index is 0.0533. The summed E-state index contributed by atoms with van der Waals surface area (Å²) < 4.78 is 33.5. The smallest absolute Gasteiger partial charge is 0.177 e. The maximum atomic E-state index is 14.3. The van der Waals surface area contributed by atoms with Gasteiger partial charge in [-0.15, -0.1) is 11.8 Å². The second-order valence-corrected chi connectivity index (χ2v) is 5.54. The highest BCUT2D eigenvalue weighted by Gasteiger charge is 2.16. The highest BCUT2D eigenvalue weighted by molar-refractivity contribution is 7.99. The van der Waals surface area contributed by atoms with E-state index in [1.807, 2.05) is 12.3 Å². The molecule has 0 saturated carbocycles. The van der Waals surface area contributed by atoms with E-state index in [9.17, 15) is 8.78 Å². The maximum Gasteiger partial charge on any atom is 0.177 e. The van der Waals surface area contributed by atoms with Gasteiger partial charge in [0.15, 0.2) is 11.6 Å². The lowest BCUT2D eigenvalue weighted by atomic mass is 10.2. The number of H-pyrrole nitrogens is 1. The SMILES string of the molecule is CSc1c(Oc2ccc(F)c(CN)c2)c(F)cc2[nH]ccc12. The second kappa shape index (κ2) is 5.98. The van der Waals surface area contributed by atoms with Crippen LogP contribution in [-0.4, -0.2) is 11.2 Å². The Kier molecular flexibility index (Phi) is 4.04.